The summed E-state index contributed by atoms with van der Waals surface area (Å²) in [6.07, 6.45) is 1.66. The molecule has 0 aliphatic carbocycles. The number of carbonyl (C=O) groups is 1. The lowest BCUT2D eigenvalue weighted by molar-refractivity contribution is 0.0868. The highest BCUT2D eigenvalue weighted by Crippen LogP contribution is 2.07. The molecule has 1 aromatic rings. The molecule has 0 bridgehead atoms. The van der Waals surface area contributed by atoms with Crippen LogP contribution in [0.3, 0.4) is 0 Å². The van der Waals surface area contributed by atoms with E-state index in [4.69, 9.17) is 5.11 Å². The van der Waals surface area contributed by atoms with Gasteiger partial charge in [-0.25, -0.2) is 0 Å². The van der Waals surface area contributed by atoms with Gasteiger partial charge in [0.2, 0.25) is 0 Å². The summed E-state index contributed by atoms with van der Waals surface area (Å²) >= 11 is 0. The van der Waals surface area contributed by atoms with Crippen LogP contribution in [0.5, 0.6) is 0 Å². The van der Waals surface area contributed by atoms with Crippen molar-refractivity contribution in [1.82, 2.24) is 15.1 Å². The second kappa shape index (κ2) is 4.02. The zero-order valence-corrected chi connectivity index (χ0v) is 9.53. The predicted molar refractivity (Wildman–Crippen MR) is 56.6 cm³/mol. The fourth-order valence-electron chi connectivity index (χ4n) is 1.24. The molecule has 0 radical (unpaired) electrons. The van der Waals surface area contributed by atoms with Crippen LogP contribution < -0.4 is 5.32 Å². The van der Waals surface area contributed by atoms with Gasteiger partial charge in [-0.05, 0) is 20.8 Å². The molecule has 0 spiro atoms. The van der Waals surface area contributed by atoms with Gasteiger partial charge in [-0.3, -0.25) is 9.48 Å². The van der Waals surface area contributed by atoms with Gasteiger partial charge in [0, 0.05) is 13.2 Å². The Morgan fingerprint density at radius 2 is 2.27 bits per heavy atom. The normalized spacial score (nSPS) is 11.5. The minimum absolute atomic E-state index is 0.0992. The molecule has 0 atom stereocenters. The summed E-state index contributed by atoms with van der Waals surface area (Å²) in [5.41, 5.74) is 0.613. The maximum atomic E-state index is 11.8. The number of nitrogens with one attached hydrogen (secondary N) is 1. The van der Waals surface area contributed by atoms with Gasteiger partial charge < -0.3 is 10.4 Å². The Labute approximate surface area is 89.1 Å². The van der Waals surface area contributed by atoms with E-state index in [2.05, 4.69) is 10.4 Å². The lowest BCUT2D eigenvalue weighted by Crippen LogP contribution is -2.46. The van der Waals surface area contributed by atoms with Gasteiger partial charge in [0.25, 0.3) is 5.91 Å². The van der Waals surface area contributed by atoms with Gasteiger partial charge >= 0.3 is 0 Å². The van der Waals surface area contributed by atoms with Crippen molar-refractivity contribution in [3.05, 3.63) is 17.5 Å². The van der Waals surface area contributed by atoms with Gasteiger partial charge in [-0.15, -0.1) is 0 Å². The number of aliphatic hydroxyl groups is 1. The first-order valence-electron chi connectivity index (χ1n) is 4.79. The number of nitrogens with zero attached hydrogens (tertiary/aromatic N) is 2. The Morgan fingerprint density at radius 3 is 2.67 bits per heavy atom. The van der Waals surface area contributed by atoms with E-state index < -0.39 is 5.54 Å². The topological polar surface area (TPSA) is 67.2 Å². The summed E-state index contributed by atoms with van der Waals surface area (Å²) < 4.78 is 1.59. The molecule has 0 saturated heterocycles. The van der Waals surface area contributed by atoms with Crippen LogP contribution in [0, 0.1) is 6.92 Å². The van der Waals surface area contributed by atoms with Crippen LogP contribution in [0.15, 0.2) is 6.20 Å². The van der Waals surface area contributed by atoms with Crippen molar-refractivity contribution in [2.45, 2.75) is 26.3 Å². The van der Waals surface area contributed by atoms with Crippen LogP contribution in [-0.4, -0.2) is 32.9 Å². The number of amides is 1. The van der Waals surface area contributed by atoms with Gasteiger partial charge in [0.05, 0.1) is 23.4 Å². The van der Waals surface area contributed by atoms with Gasteiger partial charge in [-0.2, -0.15) is 5.10 Å². The molecule has 1 rings (SSSR count). The minimum Gasteiger partial charge on any atom is -0.394 e. The highest BCUT2D eigenvalue weighted by molar-refractivity contribution is 5.95. The Balaban J connectivity index is 2.82. The largest absolute Gasteiger partial charge is 0.394 e. The summed E-state index contributed by atoms with van der Waals surface area (Å²) in [6.45, 7) is 5.20. The van der Waals surface area contributed by atoms with Crippen LogP contribution in [0.25, 0.3) is 0 Å². The number of aliphatic hydroxyl groups excluding tert-OH is 1. The number of rotatable bonds is 3. The molecule has 0 aliphatic rings. The third kappa shape index (κ3) is 2.79. The van der Waals surface area contributed by atoms with Crippen molar-refractivity contribution in [2.24, 2.45) is 7.05 Å². The van der Waals surface area contributed by atoms with Crippen LogP contribution in [-0.2, 0) is 7.05 Å². The third-order valence-corrected chi connectivity index (χ3v) is 2.11. The quantitative estimate of drug-likeness (QED) is 0.752. The molecule has 5 nitrogen and oxygen atoms in total. The minimum atomic E-state index is -0.612. The Hall–Kier alpha value is -1.36. The molecule has 5 heteroatoms. The molecule has 1 amide bonds. The second-order valence-corrected chi connectivity index (χ2v) is 4.30. The van der Waals surface area contributed by atoms with Crippen LogP contribution >= 0.6 is 0 Å². The van der Waals surface area contributed by atoms with E-state index in [1.807, 2.05) is 0 Å². The molecule has 1 aromatic heterocycles. The lowest BCUT2D eigenvalue weighted by Gasteiger charge is -2.23. The summed E-state index contributed by atoms with van der Waals surface area (Å²) in [4.78, 5) is 11.8. The standard InChI is InChI=1S/C10H17N3O2/c1-7-8(5-13(4)12-7)9(15)11-10(2,3)6-14/h5,14H,6H2,1-4H3,(H,11,15). The Bertz CT molecular complexity index is 369. The Morgan fingerprint density at radius 1 is 1.67 bits per heavy atom. The predicted octanol–water partition coefficient (Wildman–Crippen LogP) is 0.229. The molecule has 0 saturated carbocycles. The van der Waals surface area contributed by atoms with E-state index >= 15 is 0 Å². The average Bonchev–Trinajstić information content (AvgIpc) is 2.45. The third-order valence-electron chi connectivity index (χ3n) is 2.11. The summed E-state index contributed by atoms with van der Waals surface area (Å²) in [7, 11) is 1.76. The van der Waals surface area contributed by atoms with Crippen molar-refractivity contribution in [3.8, 4) is 0 Å². The first-order valence-corrected chi connectivity index (χ1v) is 4.79. The molecule has 0 fully saturated rings. The monoisotopic (exact) mass is 211 g/mol. The summed E-state index contributed by atoms with van der Waals surface area (Å²) in [5.74, 6) is -0.209. The van der Waals surface area contributed by atoms with Crippen LogP contribution in [0.2, 0.25) is 0 Å². The molecular formula is C10H17N3O2. The van der Waals surface area contributed by atoms with E-state index in [0.29, 0.717) is 11.3 Å². The smallest absolute Gasteiger partial charge is 0.255 e. The summed E-state index contributed by atoms with van der Waals surface area (Å²) in [5, 5.41) is 15.8. The summed E-state index contributed by atoms with van der Waals surface area (Å²) in [6, 6.07) is 0. The fraction of sp³-hybridized carbons (Fsp3) is 0.600. The van der Waals surface area contributed by atoms with Gasteiger partial charge in [0.1, 0.15) is 0 Å². The van der Waals surface area contributed by atoms with Crippen molar-refractivity contribution in [1.29, 1.82) is 0 Å². The number of hydrogen-bond donors (Lipinski definition) is 2. The van der Waals surface area contributed by atoms with E-state index in [1.54, 1.807) is 38.7 Å². The van der Waals surface area contributed by atoms with Crippen molar-refractivity contribution in [3.63, 3.8) is 0 Å². The number of aryl methyl sites for hydroxylation is 2. The number of hydrogen-bond acceptors (Lipinski definition) is 3. The Kier molecular flexibility index (Phi) is 3.14. The highest BCUT2D eigenvalue weighted by Gasteiger charge is 2.22. The fourth-order valence-corrected chi connectivity index (χ4v) is 1.24. The molecule has 2 N–H and O–H groups in total. The zero-order valence-electron chi connectivity index (χ0n) is 9.53. The van der Waals surface area contributed by atoms with Crippen molar-refractivity contribution < 1.29 is 9.90 Å². The number of aromatic nitrogens is 2. The maximum Gasteiger partial charge on any atom is 0.255 e. The van der Waals surface area contributed by atoms with E-state index in [-0.39, 0.29) is 12.5 Å². The van der Waals surface area contributed by atoms with E-state index in [1.165, 1.54) is 0 Å². The molecule has 0 aliphatic heterocycles. The second-order valence-electron chi connectivity index (χ2n) is 4.30. The zero-order chi connectivity index (χ0) is 11.6. The molecule has 84 valence electrons. The SMILES string of the molecule is Cc1nn(C)cc1C(=O)NC(C)(C)CO. The molecular weight excluding hydrogens is 194 g/mol. The van der Waals surface area contributed by atoms with Crippen LogP contribution in [0.1, 0.15) is 29.9 Å². The maximum absolute atomic E-state index is 11.8. The van der Waals surface area contributed by atoms with E-state index in [0.717, 1.165) is 0 Å². The average molecular weight is 211 g/mol. The van der Waals surface area contributed by atoms with Gasteiger partial charge in [0.15, 0.2) is 0 Å². The highest BCUT2D eigenvalue weighted by atomic mass is 16.3. The molecule has 1 heterocycles. The lowest BCUT2D eigenvalue weighted by atomic mass is 10.1. The van der Waals surface area contributed by atoms with Gasteiger partial charge in [-0.1, -0.05) is 0 Å². The molecule has 0 unspecified atom stereocenters. The van der Waals surface area contributed by atoms with Crippen molar-refractivity contribution >= 4 is 5.91 Å². The van der Waals surface area contributed by atoms with Crippen molar-refractivity contribution in [2.75, 3.05) is 6.61 Å². The van der Waals surface area contributed by atoms with Crippen LogP contribution in [0.4, 0.5) is 0 Å². The first kappa shape index (κ1) is 11.7. The molecule has 0 aromatic carbocycles. The molecule has 15 heavy (non-hydrogen) atoms. The number of carbonyl (C=O) groups excluding carboxylic acids is 1. The van der Waals surface area contributed by atoms with E-state index in [9.17, 15) is 4.79 Å². The first-order chi connectivity index (χ1) is 6.85.